The Morgan fingerprint density at radius 1 is 1.55 bits per heavy atom. The van der Waals surface area contributed by atoms with Crippen LogP contribution in [-0.4, -0.2) is 35.3 Å². The fourth-order valence-corrected chi connectivity index (χ4v) is 2.17. The van der Waals surface area contributed by atoms with E-state index in [0.29, 0.717) is 0 Å². The van der Waals surface area contributed by atoms with Crippen molar-refractivity contribution < 1.29 is 23.9 Å². The Balaban J connectivity index is 2.30. The highest BCUT2D eigenvalue weighted by molar-refractivity contribution is 5.98. The first kappa shape index (κ1) is 15.5. The molecule has 0 spiro atoms. The van der Waals surface area contributed by atoms with Crippen LogP contribution in [0.15, 0.2) is 23.4 Å². The molecule has 0 radical (unpaired) electrons. The predicted octanol–water partition coefficient (Wildman–Crippen LogP) is 0.727. The lowest BCUT2D eigenvalue weighted by molar-refractivity contribution is -0.121. The van der Waals surface area contributed by atoms with Crippen molar-refractivity contribution >= 4 is 23.5 Å². The molecule has 1 aliphatic rings. The number of hydrogen-bond donors (Lipinski definition) is 3. The molecule has 0 aliphatic carbocycles. The van der Waals surface area contributed by atoms with Crippen molar-refractivity contribution in [2.24, 2.45) is 10.9 Å². The zero-order valence-electron chi connectivity index (χ0n) is 11.9. The number of amidine groups is 1. The largest absolute Gasteiger partial charge is 0.423 e. The predicted molar refractivity (Wildman–Crippen MR) is 74.9 cm³/mol. The van der Waals surface area contributed by atoms with Gasteiger partial charge in [-0.05, 0) is 25.1 Å². The van der Waals surface area contributed by atoms with Crippen molar-refractivity contribution in [3.63, 3.8) is 0 Å². The summed E-state index contributed by atoms with van der Waals surface area (Å²) in [6.45, 7) is 2.95. The van der Waals surface area contributed by atoms with Crippen LogP contribution < -0.4 is 16.0 Å². The Morgan fingerprint density at radius 2 is 2.23 bits per heavy atom. The van der Waals surface area contributed by atoms with Gasteiger partial charge in [-0.1, -0.05) is 5.16 Å². The maximum absolute atomic E-state index is 14.0. The van der Waals surface area contributed by atoms with Gasteiger partial charge in [0.15, 0.2) is 12.1 Å². The number of ether oxygens (including phenoxy) is 1. The first-order valence-electron chi connectivity index (χ1n) is 6.39. The monoisotopic (exact) mass is 310 g/mol. The van der Waals surface area contributed by atoms with Crippen LogP contribution in [0.3, 0.4) is 0 Å². The number of anilines is 1. The van der Waals surface area contributed by atoms with E-state index >= 15 is 0 Å². The number of nitrogens with zero attached hydrogens (tertiary/aromatic N) is 2. The van der Waals surface area contributed by atoms with Crippen molar-refractivity contribution in [2.75, 3.05) is 4.90 Å². The SMILES string of the molecule is CC(=O)N[C@H]1OC(=O)N(c2ccc(C(N)=NO)c(F)c2)C1C. The molecule has 1 aromatic rings. The molecule has 118 valence electrons. The Bertz CT molecular complexity index is 649. The standard InChI is InChI=1S/C13H15FN4O4/c1-6-12(16-7(2)19)22-13(20)18(6)8-3-4-9(10(14)5-8)11(15)17-21/h3-6,12,21H,1-2H3,(H2,15,17)(H,16,19)/t6?,12-/m0/s1. The molecule has 1 saturated heterocycles. The van der Waals surface area contributed by atoms with Gasteiger partial charge in [0, 0.05) is 6.92 Å². The molecule has 4 N–H and O–H groups in total. The molecule has 1 heterocycles. The molecule has 0 bridgehead atoms. The second kappa shape index (κ2) is 5.88. The Morgan fingerprint density at radius 3 is 2.77 bits per heavy atom. The van der Waals surface area contributed by atoms with Gasteiger partial charge in [0.05, 0.1) is 17.3 Å². The summed E-state index contributed by atoms with van der Waals surface area (Å²) >= 11 is 0. The lowest BCUT2D eigenvalue weighted by Crippen LogP contribution is -2.43. The second-order valence-electron chi connectivity index (χ2n) is 4.76. The van der Waals surface area contributed by atoms with Gasteiger partial charge in [-0.25, -0.2) is 9.18 Å². The average molecular weight is 310 g/mol. The zero-order chi connectivity index (χ0) is 16.4. The van der Waals surface area contributed by atoms with E-state index in [-0.39, 0.29) is 23.0 Å². The highest BCUT2D eigenvalue weighted by Crippen LogP contribution is 2.27. The maximum Gasteiger partial charge on any atom is 0.416 e. The van der Waals surface area contributed by atoms with Gasteiger partial charge in [-0.15, -0.1) is 0 Å². The second-order valence-corrected chi connectivity index (χ2v) is 4.76. The first-order chi connectivity index (χ1) is 10.3. The minimum absolute atomic E-state index is 0.0927. The molecule has 8 nitrogen and oxygen atoms in total. The number of hydrogen-bond acceptors (Lipinski definition) is 5. The van der Waals surface area contributed by atoms with Crippen molar-refractivity contribution in [3.05, 3.63) is 29.6 Å². The smallest absolute Gasteiger partial charge is 0.416 e. The summed E-state index contributed by atoms with van der Waals surface area (Å²) in [6, 6.07) is 3.27. The Hall–Kier alpha value is -2.84. The molecular formula is C13H15FN4O4. The van der Waals surface area contributed by atoms with Crippen molar-refractivity contribution in [2.45, 2.75) is 26.1 Å². The lowest BCUT2D eigenvalue weighted by Gasteiger charge is -2.21. The molecule has 2 rings (SSSR count). The normalized spacial score (nSPS) is 21.7. The number of nitrogens with one attached hydrogen (secondary N) is 1. The topological polar surface area (TPSA) is 117 Å². The summed E-state index contributed by atoms with van der Waals surface area (Å²) in [6.07, 6.45) is -1.53. The van der Waals surface area contributed by atoms with Gasteiger partial charge in [0.1, 0.15) is 5.82 Å². The molecule has 1 fully saturated rings. The number of carbonyl (C=O) groups is 2. The van der Waals surface area contributed by atoms with Crippen LogP contribution in [0, 0.1) is 5.82 Å². The number of carbonyl (C=O) groups excluding carboxylic acids is 2. The third-order valence-electron chi connectivity index (χ3n) is 3.23. The Kier molecular flexibility index (Phi) is 4.15. The number of amides is 2. The summed E-state index contributed by atoms with van der Waals surface area (Å²) in [4.78, 5) is 24.2. The molecule has 22 heavy (non-hydrogen) atoms. The van der Waals surface area contributed by atoms with E-state index in [9.17, 15) is 14.0 Å². The van der Waals surface area contributed by atoms with Gasteiger partial charge < -0.3 is 21.0 Å². The van der Waals surface area contributed by atoms with E-state index in [4.69, 9.17) is 15.7 Å². The van der Waals surface area contributed by atoms with Crippen LogP contribution in [0.4, 0.5) is 14.9 Å². The zero-order valence-corrected chi connectivity index (χ0v) is 11.9. The fourth-order valence-electron chi connectivity index (χ4n) is 2.17. The molecule has 2 amide bonds. The lowest BCUT2D eigenvalue weighted by atomic mass is 10.1. The minimum Gasteiger partial charge on any atom is -0.423 e. The molecule has 0 aromatic heterocycles. The maximum atomic E-state index is 14.0. The van der Waals surface area contributed by atoms with Crippen LogP contribution >= 0.6 is 0 Å². The summed E-state index contributed by atoms with van der Waals surface area (Å²) in [5, 5.41) is 13.8. The molecular weight excluding hydrogens is 295 g/mol. The minimum atomic E-state index is -0.822. The third kappa shape index (κ3) is 2.78. The van der Waals surface area contributed by atoms with Crippen LogP contribution in [0.1, 0.15) is 19.4 Å². The average Bonchev–Trinajstić information content (AvgIpc) is 2.71. The number of benzene rings is 1. The summed E-state index contributed by atoms with van der Waals surface area (Å²) in [5.74, 6) is -1.48. The van der Waals surface area contributed by atoms with E-state index < -0.39 is 24.2 Å². The summed E-state index contributed by atoms with van der Waals surface area (Å²) in [7, 11) is 0. The van der Waals surface area contributed by atoms with Crippen molar-refractivity contribution in [3.8, 4) is 0 Å². The van der Waals surface area contributed by atoms with E-state index in [2.05, 4.69) is 10.5 Å². The highest BCUT2D eigenvalue weighted by Gasteiger charge is 2.40. The molecule has 1 unspecified atom stereocenters. The van der Waals surface area contributed by atoms with E-state index in [0.717, 1.165) is 6.07 Å². The van der Waals surface area contributed by atoms with Crippen LogP contribution in [0.25, 0.3) is 0 Å². The van der Waals surface area contributed by atoms with Crippen LogP contribution in [0.5, 0.6) is 0 Å². The van der Waals surface area contributed by atoms with E-state index in [1.807, 2.05) is 0 Å². The fraction of sp³-hybridized carbons (Fsp3) is 0.308. The molecule has 9 heteroatoms. The third-order valence-corrected chi connectivity index (χ3v) is 3.23. The number of nitrogens with two attached hydrogens (primary N) is 1. The van der Waals surface area contributed by atoms with Gasteiger partial charge in [0.2, 0.25) is 5.91 Å². The van der Waals surface area contributed by atoms with Gasteiger partial charge in [0.25, 0.3) is 0 Å². The molecule has 0 saturated carbocycles. The quantitative estimate of drug-likeness (QED) is 0.329. The van der Waals surface area contributed by atoms with Crippen molar-refractivity contribution in [1.29, 1.82) is 0 Å². The van der Waals surface area contributed by atoms with Crippen LogP contribution in [-0.2, 0) is 9.53 Å². The molecule has 1 aromatic carbocycles. The summed E-state index contributed by atoms with van der Waals surface area (Å²) < 4.78 is 19.0. The van der Waals surface area contributed by atoms with Gasteiger partial charge >= 0.3 is 6.09 Å². The van der Waals surface area contributed by atoms with Gasteiger partial charge in [-0.2, -0.15) is 0 Å². The van der Waals surface area contributed by atoms with Gasteiger partial charge in [-0.3, -0.25) is 9.69 Å². The highest BCUT2D eigenvalue weighted by atomic mass is 19.1. The van der Waals surface area contributed by atoms with E-state index in [1.54, 1.807) is 6.92 Å². The van der Waals surface area contributed by atoms with E-state index in [1.165, 1.54) is 24.0 Å². The molecule has 1 aliphatic heterocycles. The Labute approximate surface area is 125 Å². The first-order valence-corrected chi connectivity index (χ1v) is 6.39. The number of halogens is 1. The number of cyclic esters (lactones) is 1. The summed E-state index contributed by atoms with van der Waals surface area (Å²) in [5.41, 5.74) is 5.48. The van der Waals surface area contributed by atoms with Crippen molar-refractivity contribution in [1.82, 2.24) is 5.32 Å². The van der Waals surface area contributed by atoms with Crippen LogP contribution in [0.2, 0.25) is 0 Å². The molecule has 2 atom stereocenters. The number of rotatable bonds is 3. The number of oxime groups is 1.